The summed E-state index contributed by atoms with van der Waals surface area (Å²) in [6.45, 7) is 9.42. The number of likely N-dealkylation sites (tertiary alicyclic amines) is 1. The average Bonchev–Trinajstić information content (AvgIpc) is 3.58. The fraction of sp³-hybridized carbons (Fsp3) is 0.640. The summed E-state index contributed by atoms with van der Waals surface area (Å²) in [5.74, 6) is 0.832. The number of rotatable bonds is 10. The third-order valence-electron chi connectivity index (χ3n) is 6.75. The average molecular weight is 427 g/mol. The number of piperidine rings is 1. The molecule has 4 rings (SSSR count). The minimum atomic E-state index is -0.436. The topological polar surface area (TPSA) is 53.8 Å². The first-order valence-corrected chi connectivity index (χ1v) is 11.8. The van der Waals surface area contributed by atoms with Crippen LogP contribution in [0, 0.1) is 13.8 Å². The van der Waals surface area contributed by atoms with E-state index < -0.39 is 6.10 Å². The minimum Gasteiger partial charge on any atom is -0.491 e. The second-order valence-electron chi connectivity index (χ2n) is 9.38. The van der Waals surface area contributed by atoms with Crippen LogP contribution in [-0.2, 0) is 20.1 Å². The third kappa shape index (κ3) is 6.09. The Labute approximate surface area is 186 Å². The first-order chi connectivity index (χ1) is 15.0. The zero-order valence-electron chi connectivity index (χ0n) is 19.4. The molecule has 2 aliphatic rings. The first kappa shape index (κ1) is 22.3. The quantitative estimate of drug-likeness (QED) is 0.631. The summed E-state index contributed by atoms with van der Waals surface area (Å²) in [7, 11) is 2.02. The minimum absolute atomic E-state index is 0.351. The molecule has 0 amide bonds. The van der Waals surface area contributed by atoms with Gasteiger partial charge in [0.2, 0.25) is 0 Å². The highest BCUT2D eigenvalue weighted by atomic mass is 16.5. The maximum absolute atomic E-state index is 10.3. The van der Waals surface area contributed by atoms with Crippen molar-refractivity contribution in [1.29, 1.82) is 0 Å². The number of aromatic nitrogens is 2. The van der Waals surface area contributed by atoms with Crippen LogP contribution in [0.25, 0.3) is 0 Å². The van der Waals surface area contributed by atoms with Crippen LogP contribution in [0.4, 0.5) is 0 Å². The molecule has 0 spiro atoms. The number of benzene rings is 1. The normalized spacial score (nSPS) is 18.5. The molecule has 6 heteroatoms. The van der Waals surface area contributed by atoms with E-state index in [4.69, 9.17) is 4.74 Å². The second-order valence-corrected chi connectivity index (χ2v) is 9.38. The molecule has 0 radical (unpaired) electrons. The van der Waals surface area contributed by atoms with Gasteiger partial charge in [-0.2, -0.15) is 5.10 Å². The van der Waals surface area contributed by atoms with E-state index in [0.717, 1.165) is 37.6 Å². The second kappa shape index (κ2) is 10.2. The van der Waals surface area contributed by atoms with Gasteiger partial charge in [0.25, 0.3) is 0 Å². The third-order valence-corrected chi connectivity index (χ3v) is 6.75. The molecule has 0 unspecified atom stereocenters. The number of ether oxygens (including phenoxy) is 1. The maximum atomic E-state index is 10.3. The molecule has 1 aliphatic heterocycles. The Bertz CT molecular complexity index is 838. The monoisotopic (exact) mass is 426 g/mol. The summed E-state index contributed by atoms with van der Waals surface area (Å²) in [4.78, 5) is 4.92. The number of nitrogens with zero attached hydrogens (tertiary/aromatic N) is 4. The van der Waals surface area contributed by atoms with Crippen molar-refractivity contribution in [3.63, 3.8) is 0 Å². The van der Waals surface area contributed by atoms with Gasteiger partial charge in [-0.05, 0) is 70.3 Å². The molecular formula is C25H38N4O2. The van der Waals surface area contributed by atoms with Crippen molar-refractivity contribution in [2.45, 2.75) is 71.2 Å². The molecular weight excluding hydrogens is 388 g/mol. The van der Waals surface area contributed by atoms with Gasteiger partial charge < -0.3 is 14.7 Å². The van der Waals surface area contributed by atoms with Crippen LogP contribution in [0.2, 0.25) is 0 Å². The summed E-state index contributed by atoms with van der Waals surface area (Å²) < 4.78 is 7.85. The zero-order chi connectivity index (χ0) is 21.8. The van der Waals surface area contributed by atoms with Gasteiger partial charge in [-0.3, -0.25) is 9.58 Å². The van der Waals surface area contributed by atoms with Gasteiger partial charge in [-0.15, -0.1) is 0 Å². The molecule has 1 atom stereocenters. The Kier molecular flexibility index (Phi) is 7.31. The van der Waals surface area contributed by atoms with Gasteiger partial charge in [0.1, 0.15) is 18.5 Å². The smallest absolute Gasteiger partial charge is 0.119 e. The molecule has 1 aliphatic carbocycles. The van der Waals surface area contributed by atoms with E-state index in [9.17, 15) is 5.11 Å². The van der Waals surface area contributed by atoms with Gasteiger partial charge in [-0.25, -0.2) is 0 Å². The van der Waals surface area contributed by atoms with Gasteiger partial charge >= 0.3 is 0 Å². The highest BCUT2D eigenvalue weighted by Crippen LogP contribution is 2.31. The van der Waals surface area contributed by atoms with E-state index in [0.29, 0.717) is 19.2 Å². The molecule has 6 nitrogen and oxygen atoms in total. The highest BCUT2D eigenvalue weighted by molar-refractivity contribution is 5.28. The summed E-state index contributed by atoms with van der Waals surface area (Å²) in [5.41, 5.74) is 5.05. The number of aliphatic hydroxyl groups is 1. The van der Waals surface area contributed by atoms with Crippen LogP contribution >= 0.6 is 0 Å². The van der Waals surface area contributed by atoms with Gasteiger partial charge in [0.15, 0.2) is 0 Å². The van der Waals surface area contributed by atoms with Crippen molar-refractivity contribution in [3.05, 3.63) is 46.8 Å². The zero-order valence-corrected chi connectivity index (χ0v) is 19.4. The van der Waals surface area contributed by atoms with E-state index in [2.05, 4.69) is 40.9 Å². The number of hydrogen-bond donors (Lipinski definition) is 1. The standard InChI is InChI=1S/C25H38N4O2/c1-19-25(20(2)27(3)26-19)17-29(22-9-10-22)15-21-7-11-24(12-8-21)31-18-23(30)16-28-13-5-4-6-14-28/h7-8,11-12,22-23,30H,4-6,9-10,13-18H2,1-3H3/t23-/m1/s1. The largest absolute Gasteiger partial charge is 0.491 e. The molecule has 1 saturated carbocycles. The Balaban J connectivity index is 1.28. The van der Waals surface area contributed by atoms with Crippen molar-refractivity contribution in [2.75, 3.05) is 26.2 Å². The summed E-state index contributed by atoms with van der Waals surface area (Å²) in [5, 5.41) is 14.9. The lowest BCUT2D eigenvalue weighted by atomic mass is 10.1. The Morgan fingerprint density at radius 3 is 2.42 bits per heavy atom. The van der Waals surface area contributed by atoms with Crippen molar-refractivity contribution < 1.29 is 9.84 Å². The molecule has 1 aromatic heterocycles. The lowest BCUT2D eigenvalue weighted by molar-refractivity contribution is 0.0617. The van der Waals surface area contributed by atoms with Gasteiger partial charge in [0.05, 0.1) is 5.69 Å². The Morgan fingerprint density at radius 1 is 1.10 bits per heavy atom. The van der Waals surface area contributed by atoms with Gasteiger partial charge in [-0.1, -0.05) is 18.6 Å². The number of β-amino-alcohol motifs (C(OH)–C–C–N with tert-alkyl or cyclic N) is 1. The van der Waals surface area contributed by atoms with Crippen LogP contribution in [0.5, 0.6) is 5.75 Å². The van der Waals surface area contributed by atoms with Crippen molar-refractivity contribution in [3.8, 4) is 5.75 Å². The lowest BCUT2D eigenvalue weighted by Crippen LogP contribution is -2.38. The number of hydrogen-bond acceptors (Lipinski definition) is 5. The number of aryl methyl sites for hydroxylation is 2. The van der Waals surface area contributed by atoms with E-state index in [-0.39, 0.29) is 0 Å². The molecule has 1 N–H and O–H groups in total. The van der Waals surface area contributed by atoms with Crippen LogP contribution in [0.1, 0.15) is 54.6 Å². The van der Waals surface area contributed by atoms with Crippen LogP contribution in [0.15, 0.2) is 24.3 Å². The van der Waals surface area contributed by atoms with Crippen LogP contribution < -0.4 is 4.74 Å². The van der Waals surface area contributed by atoms with E-state index in [1.807, 2.05) is 23.9 Å². The predicted octanol–water partition coefficient (Wildman–Crippen LogP) is 3.43. The molecule has 1 saturated heterocycles. The van der Waals surface area contributed by atoms with Crippen molar-refractivity contribution in [1.82, 2.24) is 19.6 Å². The number of aliphatic hydroxyl groups excluding tert-OH is 1. The Morgan fingerprint density at radius 2 is 1.81 bits per heavy atom. The molecule has 1 aromatic carbocycles. The summed E-state index contributed by atoms with van der Waals surface area (Å²) >= 11 is 0. The highest BCUT2D eigenvalue weighted by Gasteiger charge is 2.30. The lowest BCUT2D eigenvalue weighted by Gasteiger charge is -2.28. The van der Waals surface area contributed by atoms with Gasteiger partial charge in [0, 0.05) is 44.0 Å². The van der Waals surface area contributed by atoms with Crippen molar-refractivity contribution >= 4 is 0 Å². The molecule has 0 bridgehead atoms. The SMILES string of the molecule is Cc1nn(C)c(C)c1CN(Cc1ccc(OC[C@H](O)CN2CCCCC2)cc1)C1CC1. The molecule has 2 fully saturated rings. The van der Waals surface area contributed by atoms with Crippen LogP contribution in [-0.4, -0.2) is 63.1 Å². The molecule has 2 heterocycles. The molecule has 170 valence electrons. The van der Waals surface area contributed by atoms with Crippen LogP contribution in [0.3, 0.4) is 0 Å². The fourth-order valence-electron chi connectivity index (χ4n) is 4.61. The molecule has 2 aromatic rings. The van der Waals surface area contributed by atoms with E-state index in [1.54, 1.807) is 0 Å². The van der Waals surface area contributed by atoms with E-state index >= 15 is 0 Å². The fourth-order valence-corrected chi connectivity index (χ4v) is 4.61. The summed E-state index contributed by atoms with van der Waals surface area (Å²) in [6, 6.07) is 9.07. The maximum Gasteiger partial charge on any atom is 0.119 e. The predicted molar refractivity (Wildman–Crippen MR) is 123 cm³/mol. The summed E-state index contributed by atoms with van der Waals surface area (Å²) in [6.07, 6.45) is 5.94. The molecule has 31 heavy (non-hydrogen) atoms. The van der Waals surface area contributed by atoms with Crippen molar-refractivity contribution in [2.24, 2.45) is 7.05 Å². The van der Waals surface area contributed by atoms with E-state index in [1.165, 1.54) is 48.9 Å². The Hall–Kier alpha value is -1.89. The first-order valence-electron chi connectivity index (χ1n) is 11.8.